The van der Waals surface area contributed by atoms with E-state index in [1.54, 1.807) is 0 Å². The second-order valence-corrected chi connectivity index (χ2v) is 18.5. The first-order valence-electron chi connectivity index (χ1n) is 21.3. The Bertz CT molecular complexity index is 2480. The third-order valence-corrected chi connectivity index (χ3v) is 11.9. The molecule has 0 aliphatic rings. The van der Waals surface area contributed by atoms with E-state index in [-0.39, 0.29) is 75.1 Å². The van der Waals surface area contributed by atoms with E-state index in [4.69, 9.17) is 18.9 Å². The van der Waals surface area contributed by atoms with E-state index in [9.17, 15) is 74.3 Å². The van der Waals surface area contributed by atoms with Crippen LogP contribution in [0, 0.1) is 0 Å². The molecule has 0 N–H and O–H groups in total. The topological polar surface area (TPSA) is 165 Å². The van der Waals surface area contributed by atoms with Crippen LogP contribution >= 0.6 is 0 Å². The minimum Gasteiger partial charge on any atom is -0.493 e. The smallest absolute Gasteiger partial charge is 0.437 e. The fourth-order valence-corrected chi connectivity index (χ4v) is 7.83. The number of hydrogen-bond acceptors (Lipinski definition) is 13. The van der Waals surface area contributed by atoms with Gasteiger partial charge in [0.25, 0.3) is 0 Å². The van der Waals surface area contributed by atoms with Crippen molar-refractivity contribution in [2.24, 2.45) is 10.3 Å². The average molecular weight is 1080 g/mol. The molecule has 0 bridgehead atoms. The van der Waals surface area contributed by atoms with Crippen LogP contribution in [0.2, 0.25) is 0 Å². The lowest BCUT2D eigenvalue weighted by Crippen LogP contribution is -2.38. The van der Waals surface area contributed by atoms with Gasteiger partial charge in [0.15, 0.2) is 17.2 Å². The number of nitrogens with zero attached hydrogens (tertiary/aromatic N) is 2. The molecular formula is C45H44F12N2O11S2. The summed E-state index contributed by atoms with van der Waals surface area (Å²) >= 11 is 0. The SMILES string of the molecule is CCCS(=O)(=O)ON=C(c1ccc(OCCCOc2ccc(C(C(=O)C(c3ccc(OCCCOc4ccc(C(=NOS(=O)(=O)CCC)C(F)(F)F)cc4)cc3)C(F)(F)F)C(F)(F)F)cc2)cc1)C(F)(F)F. The highest BCUT2D eigenvalue weighted by Gasteiger charge is 2.55. The van der Waals surface area contributed by atoms with Crippen molar-refractivity contribution in [2.45, 2.75) is 76.1 Å². The van der Waals surface area contributed by atoms with Crippen LogP contribution in [0.1, 0.15) is 73.6 Å². The third-order valence-electron chi connectivity index (χ3n) is 9.49. The van der Waals surface area contributed by atoms with Gasteiger partial charge in [-0.25, -0.2) is 0 Å². The Morgan fingerprint density at radius 1 is 0.458 bits per heavy atom. The standard InChI is InChI=1S/C45H44F12N2O11S2/c1-3-27-71(61,62)69-58-40(44(52,53)54)31-11-19-35(20-12-31)67-25-5-23-65-33-15-7-29(8-16-33)37(42(46,47)48)39(60)38(43(49,50)51)30-9-17-34(18-10-30)66-24-6-26-68-36-21-13-32(14-22-36)41(45(55,56)57)59-70-72(63,64)28-4-2/h7-22,37-38H,3-6,23-28H2,1-2H3. The molecule has 27 heteroatoms. The minimum absolute atomic E-state index is 0.0254. The Hall–Kier alpha value is -6.25. The molecule has 0 aliphatic carbocycles. The zero-order valence-electron chi connectivity index (χ0n) is 37.7. The molecule has 396 valence electrons. The van der Waals surface area contributed by atoms with Crippen LogP contribution in [-0.2, 0) is 33.6 Å². The normalized spacial score (nSPS) is 14.0. The lowest BCUT2D eigenvalue weighted by Gasteiger charge is -2.27. The van der Waals surface area contributed by atoms with Crippen molar-refractivity contribution < 1.29 is 102 Å². The summed E-state index contributed by atoms with van der Waals surface area (Å²) in [4.78, 5) is 13.3. The van der Waals surface area contributed by atoms with Crippen LogP contribution in [0.15, 0.2) is 107 Å². The third kappa shape index (κ3) is 18.1. The molecule has 2 unspecified atom stereocenters. The van der Waals surface area contributed by atoms with Gasteiger partial charge in [-0.15, -0.1) is 0 Å². The number of carbonyl (C=O) groups excluding carboxylic acids is 1. The number of alkyl halides is 12. The number of hydrogen-bond donors (Lipinski definition) is 0. The highest BCUT2D eigenvalue weighted by molar-refractivity contribution is 7.86. The molecule has 4 aromatic rings. The van der Waals surface area contributed by atoms with Gasteiger partial charge in [0.05, 0.1) is 37.9 Å². The van der Waals surface area contributed by atoms with Crippen molar-refractivity contribution >= 4 is 37.4 Å². The number of ketones is 1. The second-order valence-electron chi connectivity index (χ2n) is 15.2. The Balaban J connectivity index is 1.30. The van der Waals surface area contributed by atoms with Crippen molar-refractivity contribution in [2.75, 3.05) is 37.9 Å². The lowest BCUT2D eigenvalue weighted by atomic mass is 9.82. The molecule has 0 aromatic heterocycles. The first-order valence-corrected chi connectivity index (χ1v) is 24.4. The summed E-state index contributed by atoms with van der Waals surface area (Å²) in [6.45, 7) is 2.57. The summed E-state index contributed by atoms with van der Waals surface area (Å²) in [6.07, 6.45) is -20.7. The van der Waals surface area contributed by atoms with Gasteiger partial charge in [0.2, 0.25) is 0 Å². The largest absolute Gasteiger partial charge is 0.493 e. The van der Waals surface area contributed by atoms with Gasteiger partial charge < -0.3 is 18.9 Å². The molecule has 0 fully saturated rings. The Kier molecular flexibility index (Phi) is 20.2. The van der Waals surface area contributed by atoms with Gasteiger partial charge in [0.1, 0.15) is 34.8 Å². The maximum absolute atomic E-state index is 14.4. The predicted molar refractivity (Wildman–Crippen MR) is 235 cm³/mol. The van der Waals surface area contributed by atoms with E-state index in [1.807, 2.05) is 0 Å². The van der Waals surface area contributed by atoms with Gasteiger partial charge in [-0.2, -0.15) is 69.5 Å². The molecule has 0 heterocycles. The second kappa shape index (κ2) is 24.9. The number of ether oxygens (including phenoxy) is 4. The summed E-state index contributed by atoms with van der Waals surface area (Å²) in [6, 6.07) is 15.6. The van der Waals surface area contributed by atoms with Crippen LogP contribution in [0.5, 0.6) is 23.0 Å². The van der Waals surface area contributed by atoms with E-state index < -0.39 is 108 Å². The van der Waals surface area contributed by atoms with E-state index in [0.29, 0.717) is 0 Å². The molecule has 0 saturated heterocycles. The van der Waals surface area contributed by atoms with Crippen molar-refractivity contribution in [3.8, 4) is 23.0 Å². The molecule has 0 aliphatic heterocycles. The highest BCUT2D eigenvalue weighted by atomic mass is 32.2. The number of benzene rings is 4. The fraction of sp³-hybridized carbons (Fsp3) is 0.400. The van der Waals surface area contributed by atoms with Crippen molar-refractivity contribution in [3.63, 3.8) is 0 Å². The summed E-state index contributed by atoms with van der Waals surface area (Å²) in [7, 11) is -8.68. The van der Waals surface area contributed by atoms with Crippen molar-refractivity contribution in [1.29, 1.82) is 0 Å². The van der Waals surface area contributed by atoms with E-state index in [2.05, 4.69) is 18.9 Å². The van der Waals surface area contributed by atoms with E-state index in [0.717, 1.165) is 97.1 Å². The number of Topliss-reactive ketones (excluding diaryl/α,β-unsaturated/α-hetero) is 1. The Labute approximate surface area is 404 Å². The van der Waals surface area contributed by atoms with Gasteiger partial charge in [-0.3, -0.25) is 13.4 Å². The van der Waals surface area contributed by atoms with Gasteiger partial charge in [-0.1, -0.05) is 48.4 Å². The zero-order chi connectivity index (χ0) is 53.5. The molecule has 0 spiro atoms. The van der Waals surface area contributed by atoms with Crippen molar-refractivity contribution in [3.05, 3.63) is 119 Å². The van der Waals surface area contributed by atoms with Crippen LogP contribution in [-0.4, -0.2) is 96.7 Å². The van der Waals surface area contributed by atoms with Gasteiger partial charge in [0, 0.05) is 24.0 Å². The maximum Gasteiger partial charge on any atom is 0.437 e. The molecule has 4 rings (SSSR count). The van der Waals surface area contributed by atoms with Gasteiger partial charge >= 0.3 is 44.9 Å². The number of halogens is 12. The van der Waals surface area contributed by atoms with E-state index >= 15 is 0 Å². The average Bonchev–Trinajstić information content (AvgIpc) is 3.26. The monoisotopic (exact) mass is 1080 g/mol. The molecule has 0 saturated carbocycles. The zero-order valence-corrected chi connectivity index (χ0v) is 39.3. The predicted octanol–water partition coefficient (Wildman–Crippen LogP) is 11.0. The molecule has 13 nitrogen and oxygen atoms in total. The molecule has 0 amide bonds. The maximum atomic E-state index is 14.4. The lowest BCUT2D eigenvalue weighted by molar-refractivity contribution is -0.183. The first kappa shape index (κ1) is 58.3. The van der Waals surface area contributed by atoms with Crippen LogP contribution in [0.3, 0.4) is 0 Å². The molecular weight excluding hydrogens is 1040 g/mol. The van der Waals surface area contributed by atoms with E-state index in [1.165, 1.54) is 13.8 Å². The Morgan fingerprint density at radius 3 is 0.958 bits per heavy atom. The number of rotatable bonds is 26. The van der Waals surface area contributed by atoms with Gasteiger partial charge in [-0.05, 0) is 96.8 Å². The number of carbonyl (C=O) groups is 1. The summed E-state index contributed by atoms with van der Waals surface area (Å²) in [5.74, 6) is -9.61. The summed E-state index contributed by atoms with van der Waals surface area (Å²) < 4.78 is 245. The highest BCUT2D eigenvalue weighted by Crippen LogP contribution is 2.45. The van der Waals surface area contributed by atoms with Crippen LogP contribution in [0.25, 0.3) is 0 Å². The molecule has 4 aromatic carbocycles. The number of oxime groups is 2. The fourth-order valence-electron chi connectivity index (χ4n) is 6.30. The van der Waals surface area contributed by atoms with Crippen LogP contribution in [0.4, 0.5) is 52.7 Å². The summed E-state index contributed by atoms with van der Waals surface area (Å²) in [5, 5.41) is 5.59. The molecule has 0 radical (unpaired) electrons. The molecule has 72 heavy (non-hydrogen) atoms. The van der Waals surface area contributed by atoms with Crippen LogP contribution < -0.4 is 18.9 Å². The Morgan fingerprint density at radius 2 is 0.722 bits per heavy atom. The first-order chi connectivity index (χ1) is 33.5. The van der Waals surface area contributed by atoms with Crippen molar-refractivity contribution in [1.82, 2.24) is 0 Å². The minimum atomic E-state index is -5.47. The quantitative estimate of drug-likeness (QED) is 0.0254. The summed E-state index contributed by atoms with van der Waals surface area (Å²) in [5.41, 5.74) is -5.89. The molecule has 2 atom stereocenters.